The van der Waals surface area contributed by atoms with Gasteiger partial charge in [0.05, 0.1) is 11.5 Å². The predicted molar refractivity (Wildman–Crippen MR) is 56.4 cm³/mol. The van der Waals surface area contributed by atoms with Crippen LogP contribution < -0.4 is 0 Å². The lowest BCUT2D eigenvalue weighted by molar-refractivity contribution is 0.177. The molecule has 2 unspecified atom stereocenters. The molecule has 0 aliphatic rings. The molecule has 0 heterocycles. The number of rotatable bonds is 2. The fourth-order valence-corrected chi connectivity index (χ4v) is 1.60. The zero-order valence-electron chi connectivity index (χ0n) is 7.89. The Balaban J connectivity index is 3.15. The van der Waals surface area contributed by atoms with Crippen molar-refractivity contribution in [3.63, 3.8) is 0 Å². The Hall–Kier alpha value is -0.310. The van der Waals surface area contributed by atoms with Crippen molar-refractivity contribution in [3.8, 4) is 0 Å². The van der Waals surface area contributed by atoms with Crippen molar-refractivity contribution in [2.24, 2.45) is 0 Å². The van der Waals surface area contributed by atoms with Gasteiger partial charge >= 0.3 is 0 Å². The summed E-state index contributed by atoms with van der Waals surface area (Å²) in [6.07, 6.45) is -0.945. The summed E-state index contributed by atoms with van der Waals surface area (Å²) < 4.78 is 13.2. The molecule has 1 N–H and O–H groups in total. The van der Waals surface area contributed by atoms with Crippen molar-refractivity contribution in [2.45, 2.75) is 25.3 Å². The molecule has 0 saturated heterocycles. The zero-order valence-corrected chi connectivity index (χ0v) is 9.40. The van der Waals surface area contributed by atoms with E-state index in [9.17, 15) is 9.50 Å². The number of alkyl halides is 1. The van der Waals surface area contributed by atoms with Crippen LogP contribution in [0.1, 0.15) is 24.2 Å². The first-order chi connectivity index (χ1) is 6.43. The molecule has 1 aromatic rings. The molecule has 2 atom stereocenters. The SMILES string of the molecule is Cc1cc(Cl)c(C(O)C(C)Cl)cc1F. The van der Waals surface area contributed by atoms with Crippen LogP contribution in [0.15, 0.2) is 12.1 Å². The van der Waals surface area contributed by atoms with Crippen molar-refractivity contribution >= 4 is 23.2 Å². The minimum absolute atomic E-state index is 0.331. The van der Waals surface area contributed by atoms with E-state index in [-0.39, 0.29) is 5.82 Å². The third-order valence-electron chi connectivity index (χ3n) is 2.03. The van der Waals surface area contributed by atoms with E-state index in [1.54, 1.807) is 13.8 Å². The highest BCUT2D eigenvalue weighted by atomic mass is 35.5. The third kappa shape index (κ3) is 2.38. The summed E-state index contributed by atoms with van der Waals surface area (Å²) >= 11 is 11.6. The first kappa shape index (κ1) is 11.8. The molecule has 0 amide bonds. The third-order valence-corrected chi connectivity index (χ3v) is 2.60. The lowest BCUT2D eigenvalue weighted by Crippen LogP contribution is -2.09. The first-order valence-electron chi connectivity index (χ1n) is 4.21. The highest BCUT2D eigenvalue weighted by Crippen LogP contribution is 2.29. The smallest absolute Gasteiger partial charge is 0.126 e. The number of aryl methyl sites for hydroxylation is 1. The van der Waals surface area contributed by atoms with E-state index in [0.29, 0.717) is 16.1 Å². The summed E-state index contributed by atoms with van der Waals surface area (Å²) in [5, 5.41) is 9.44. The standard InChI is InChI=1S/C10H11Cl2FO/c1-5-3-8(12)7(4-9(5)13)10(14)6(2)11/h3-4,6,10,14H,1-2H3. The Labute approximate surface area is 92.5 Å². The monoisotopic (exact) mass is 236 g/mol. The van der Waals surface area contributed by atoms with Crippen molar-refractivity contribution in [1.29, 1.82) is 0 Å². The van der Waals surface area contributed by atoms with Crippen LogP contribution in [-0.4, -0.2) is 10.5 Å². The van der Waals surface area contributed by atoms with Crippen molar-refractivity contribution < 1.29 is 9.50 Å². The number of aliphatic hydroxyl groups is 1. The summed E-state index contributed by atoms with van der Waals surface area (Å²) in [5.41, 5.74) is 0.783. The highest BCUT2D eigenvalue weighted by molar-refractivity contribution is 6.31. The molecule has 0 aliphatic carbocycles. The van der Waals surface area contributed by atoms with Crippen LogP contribution in [0.3, 0.4) is 0 Å². The maximum atomic E-state index is 13.2. The summed E-state index contributed by atoms with van der Waals surface area (Å²) in [5.74, 6) is -0.388. The maximum Gasteiger partial charge on any atom is 0.126 e. The Morgan fingerprint density at radius 1 is 1.43 bits per heavy atom. The molecular weight excluding hydrogens is 226 g/mol. The quantitative estimate of drug-likeness (QED) is 0.781. The van der Waals surface area contributed by atoms with Gasteiger partial charge in [-0.2, -0.15) is 0 Å². The zero-order chi connectivity index (χ0) is 10.9. The van der Waals surface area contributed by atoms with Crippen molar-refractivity contribution in [2.75, 3.05) is 0 Å². The van der Waals surface area contributed by atoms with Gasteiger partial charge in [0.15, 0.2) is 0 Å². The van der Waals surface area contributed by atoms with Crippen LogP contribution in [0.25, 0.3) is 0 Å². The number of halogens is 3. The molecule has 1 aromatic carbocycles. The molecule has 0 bridgehead atoms. The van der Waals surface area contributed by atoms with Gasteiger partial charge < -0.3 is 5.11 Å². The molecular formula is C10H11Cl2FO. The van der Waals surface area contributed by atoms with E-state index in [1.807, 2.05) is 0 Å². The second kappa shape index (κ2) is 4.47. The number of benzene rings is 1. The molecule has 0 fully saturated rings. The van der Waals surface area contributed by atoms with Gasteiger partial charge in [0.1, 0.15) is 5.82 Å². The summed E-state index contributed by atoms with van der Waals surface area (Å²) in [6.45, 7) is 3.24. The van der Waals surface area contributed by atoms with Crippen LogP contribution in [0.4, 0.5) is 4.39 Å². The largest absolute Gasteiger partial charge is 0.387 e. The van der Waals surface area contributed by atoms with Crippen LogP contribution in [-0.2, 0) is 0 Å². The van der Waals surface area contributed by atoms with Gasteiger partial charge in [-0.1, -0.05) is 11.6 Å². The molecule has 4 heteroatoms. The Morgan fingerprint density at radius 2 is 2.00 bits per heavy atom. The molecule has 0 saturated carbocycles. The molecule has 14 heavy (non-hydrogen) atoms. The van der Waals surface area contributed by atoms with Crippen LogP contribution in [0.2, 0.25) is 5.02 Å². The number of hydrogen-bond acceptors (Lipinski definition) is 1. The predicted octanol–water partition coefficient (Wildman–Crippen LogP) is 3.45. The van der Waals surface area contributed by atoms with Gasteiger partial charge in [-0.25, -0.2) is 4.39 Å². The maximum absolute atomic E-state index is 13.2. The van der Waals surface area contributed by atoms with Crippen molar-refractivity contribution in [1.82, 2.24) is 0 Å². The Morgan fingerprint density at radius 3 is 2.50 bits per heavy atom. The fraction of sp³-hybridized carbons (Fsp3) is 0.400. The highest BCUT2D eigenvalue weighted by Gasteiger charge is 2.18. The molecule has 0 spiro atoms. The average molecular weight is 237 g/mol. The summed E-state index contributed by atoms with van der Waals surface area (Å²) in [7, 11) is 0. The molecule has 0 aromatic heterocycles. The minimum Gasteiger partial charge on any atom is -0.387 e. The number of aliphatic hydroxyl groups excluding tert-OH is 1. The van der Waals surface area contributed by atoms with Gasteiger partial charge in [-0.3, -0.25) is 0 Å². The normalized spacial score (nSPS) is 15.3. The lowest BCUT2D eigenvalue weighted by Gasteiger charge is -2.15. The van der Waals surface area contributed by atoms with Crippen LogP contribution >= 0.6 is 23.2 Å². The topological polar surface area (TPSA) is 20.2 Å². The Bertz CT molecular complexity index is 339. The minimum atomic E-state index is -0.945. The van der Waals surface area contributed by atoms with Crippen LogP contribution in [0.5, 0.6) is 0 Å². The molecule has 0 aliphatic heterocycles. The van der Waals surface area contributed by atoms with E-state index >= 15 is 0 Å². The number of hydrogen-bond donors (Lipinski definition) is 1. The molecule has 1 nitrogen and oxygen atoms in total. The van der Waals surface area contributed by atoms with Crippen molar-refractivity contribution in [3.05, 3.63) is 34.1 Å². The van der Waals surface area contributed by atoms with E-state index in [4.69, 9.17) is 23.2 Å². The van der Waals surface area contributed by atoms with Gasteiger partial charge in [0, 0.05) is 10.6 Å². The van der Waals surface area contributed by atoms with E-state index in [1.165, 1.54) is 12.1 Å². The van der Waals surface area contributed by atoms with Crippen LogP contribution in [0, 0.1) is 12.7 Å². The van der Waals surface area contributed by atoms with Gasteiger partial charge in [-0.05, 0) is 31.5 Å². The van der Waals surface area contributed by atoms with E-state index in [0.717, 1.165) is 0 Å². The Kier molecular flexibility index (Phi) is 3.76. The lowest BCUT2D eigenvalue weighted by atomic mass is 10.0. The van der Waals surface area contributed by atoms with Gasteiger partial charge in [0.2, 0.25) is 0 Å². The van der Waals surface area contributed by atoms with E-state index in [2.05, 4.69) is 0 Å². The summed E-state index contributed by atoms with van der Waals surface area (Å²) in [6, 6.07) is 2.70. The van der Waals surface area contributed by atoms with E-state index < -0.39 is 11.5 Å². The second-order valence-corrected chi connectivity index (χ2v) is 4.34. The fourth-order valence-electron chi connectivity index (χ4n) is 1.14. The second-order valence-electron chi connectivity index (χ2n) is 3.25. The van der Waals surface area contributed by atoms with Gasteiger partial charge in [0.25, 0.3) is 0 Å². The van der Waals surface area contributed by atoms with Gasteiger partial charge in [-0.15, -0.1) is 11.6 Å². The molecule has 1 rings (SSSR count). The molecule has 0 radical (unpaired) electrons. The summed E-state index contributed by atoms with van der Waals surface area (Å²) in [4.78, 5) is 0. The average Bonchev–Trinajstić information content (AvgIpc) is 2.10. The first-order valence-corrected chi connectivity index (χ1v) is 5.02. The molecule has 78 valence electrons.